The fourth-order valence-electron chi connectivity index (χ4n) is 1.87. The predicted molar refractivity (Wildman–Crippen MR) is 59.5 cm³/mol. The Morgan fingerprint density at radius 1 is 1.43 bits per heavy atom. The lowest BCUT2D eigenvalue weighted by Crippen LogP contribution is -2.49. The second-order valence-electron chi connectivity index (χ2n) is 4.64. The van der Waals surface area contributed by atoms with Gasteiger partial charge in [0.1, 0.15) is 0 Å². The summed E-state index contributed by atoms with van der Waals surface area (Å²) in [6, 6.07) is 0.524. The van der Waals surface area contributed by atoms with Crippen molar-refractivity contribution in [1.29, 1.82) is 0 Å². The van der Waals surface area contributed by atoms with Gasteiger partial charge in [0, 0.05) is 19.7 Å². The van der Waals surface area contributed by atoms with E-state index in [0.29, 0.717) is 6.04 Å². The lowest BCUT2D eigenvalue weighted by atomic mass is 9.88. The minimum atomic E-state index is 0.524. The van der Waals surface area contributed by atoms with Crippen molar-refractivity contribution in [2.45, 2.75) is 19.9 Å². The average Bonchev–Trinajstić information content (AvgIpc) is 2.00. The Hall–Kier alpha value is -0.120. The van der Waals surface area contributed by atoms with E-state index in [9.17, 15) is 0 Å². The van der Waals surface area contributed by atoms with Gasteiger partial charge in [0.25, 0.3) is 0 Å². The van der Waals surface area contributed by atoms with E-state index in [2.05, 4.69) is 31.1 Å². The van der Waals surface area contributed by atoms with Gasteiger partial charge in [0.15, 0.2) is 0 Å². The van der Waals surface area contributed by atoms with E-state index in [4.69, 9.17) is 4.74 Å². The van der Waals surface area contributed by atoms with Crippen molar-refractivity contribution in [2.24, 2.45) is 11.8 Å². The molecule has 2 unspecified atom stereocenters. The molecule has 1 aliphatic heterocycles. The van der Waals surface area contributed by atoms with Gasteiger partial charge in [-0.2, -0.15) is 0 Å². The molecule has 0 aromatic heterocycles. The van der Waals surface area contributed by atoms with Gasteiger partial charge >= 0.3 is 0 Å². The molecule has 0 aliphatic carbocycles. The molecule has 1 saturated heterocycles. The van der Waals surface area contributed by atoms with Crippen molar-refractivity contribution >= 4 is 0 Å². The van der Waals surface area contributed by atoms with Crippen LogP contribution in [0.5, 0.6) is 0 Å². The Kier molecular flexibility index (Phi) is 4.85. The van der Waals surface area contributed by atoms with Crippen LogP contribution in [-0.4, -0.2) is 51.3 Å². The fourth-order valence-corrected chi connectivity index (χ4v) is 1.87. The van der Waals surface area contributed by atoms with Crippen LogP contribution in [0, 0.1) is 11.8 Å². The van der Waals surface area contributed by atoms with Crippen LogP contribution >= 0.6 is 0 Å². The number of nitrogens with zero attached hydrogens (tertiary/aromatic N) is 1. The smallest absolute Gasteiger partial charge is 0.0615 e. The highest BCUT2D eigenvalue weighted by atomic mass is 16.5. The molecule has 1 N–H and O–H groups in total. The summed E-state index contributed by atoms with van der Waals surface area (Å²) in [6.07, 6.45) is 0. The molecular formula is C11H24N2O. The molecular weight excluding hydrogens is 176 g/mol. The molecule has 3 nitrogen and oxygen atoms in total. The lowest BCUT2D eigenvalue weighted by Gasteiger charge is -2.36. The summed E-state index contributed by atoms with van der Waals surface area (Å²) in [6.45, 7) is 8.97. The minimum absolute atomic E-state index is 0.524. The zero-order valence-electron chi connectivity index (χ0n) is 9.92. The Bertz CT molecular complexity index is 159. The van der Waals surface area contributed by atoms with E-state index in [0.717, 1.165) is 18.4 Å². The summed E-state index contributed by atoms with van der Waals surface area (Å²) >= 11 is 0. The normalized spacial score (nSPS) is 22.1. The van der Waals surface area contributed by atoms with Crippen molar-refractivity contribution in [3.63, 3.8) is 0 Å². The summed E-state index contributed by atoms with van der Waals surface area (Å²) in [7, 11) is 3.95. The zero-order valence-corrected chi connectivity index (χ0v) is 9.92. The topological polar surface area (TPSA) is 24.5 Å². The molecule has 3 heteroatoms. The molecule has 0 saturated carbocycles. The highest BCUT2D eigenvalue weighted by molar-refractivity contribution is 4.81. The molecule has 84 valence electrons. The van der Waals surface area contributed by atoms with Gasteiger partial charge in [0.05, 0.1) is 6.61 Å². The third-order valence-corrected chi connectivity index (χ3v) is 3.35. The van der Waals surface area contributed by atoms with Crippen LogP contribution in [0.4, 0.5) is 0 Å². The third-order valence-electron chi connectivity index (χ3n) is 3.35. The van der Waals surface area contributed by atoms with Gasteiger partial charge < -0.3 is 15.0 Å². The van der Waals surface area contributed by atoms with E-state index >= 15 is 0 Å². The number of nitrogens with one attached hydrogen (secondary N) is 1. The first-order valence-electron chi connectivity index (χ1n) is 5.55. The zero-order chi connectivity index (χ0) is 10.6. The van der Waals surface area contributed by atoms with Crippen LogP contribution in [0.25, 0.3) is 0 Å². The summed E-state index contributed by atoms with van der Waals surface area (Å²) in [5.74, 6) is 1.67. The van der Waals surface area contributed by atoms with Crippen LogP contribution in [0.15, 0.2) is 0 Å². The second-order valence-corrected chi connectivity index (χ2v) is 4.64. The maximum atomic E-state index is 5.15. The van der Waals surface area contributed by atoms with Gasteiger partial charge in [-0.1, -0.05) is 6.92 Å². The summed E-state index contributed by atoms with van der Waals surface area (Å²) < 4.78 is 5.15. The van der Waals surface area contributed by atoms with E-state index < -0.39 is 0 Å². The van der Waals surface area contributed by atoms with Gasteiger partial charge in [-0.05, 0) is 38.9 Å². The number of methoxy groups -OCH3 is 1. The quantitative estimate of drug-likeness (QED) is 0.686. The van der Waals surface area contributed by atoms with Crippen molar-refractivity contribution in [1.82, 2.24) is 10.2 Å². The van der Waals surface area contributed by atoms with Gasteiger partial charge in [0.2, 0.25) is 0 Å². The molecule has 0 spiro atoms. The summed E-state index contributed by atoms with van der Waals surface area (Å²) in [5.41, 5.74) is 0. The first kappa shape index (κ1) is 12.0. The number of hydrogen-bond donors (Lipinski definition) is 1. The molecule has 1 aliphatic rings. The fraction of sp³-hybridized carbons (Fsp3) is 1.00. The first-order chi connectivity index (χ1) is 6.65. The van der Waals surface area contributed by atoms with Crippen LogP contribution in [0.2, 0.25) is 0 Å². The van der Waals surface area contributed by atoms with E-state index in [-0.39, 0.29) is 0 Å². The molecule has 14 heavy (non-hydrogen) atoms. The van der Waals surface area contributed by atoms with E-state index in [1.54, 1.807) is 7.11 Å². The molecule has 0 radical (unpaired) electrons. The molecule has 1 heterocycles. The number of hydrogen-bond acceptors (Lipinski definition) is 3. The monoisotopic (exact) mass is 200 g/mol. The molecule has 1 rings (SSSR count). The summed E-state index contributed by atoms with van der Waals surface area (Å²) in [4.78, 5) is 2.40. The summed E-state index contributed by atoms with van der Waals surface area (Å²) in [5, 5.41) is 3.33. The van der Waals surface area contributed by atoms with Crippen molar-refractivity contribution in [2.75, 3.05) is 40.4 Å². The molecule has 2 atom stereocenters. The van der Waals surface area contributed by atoms with Gasteiger partial charge in [-0.15, -0.1) is 0 Å². The highest BCUT2D eigenvalue weighted by Crippen LogP contribution is 2.17. The van der Waals surface area contributed by atoms with Crippen molar-refractivity contribution in [3.8, 4) is 0 Å². The Morgan fingerprint density at radius 3 is 2.50 bits per heavy atom. The molecule has 1 fully saturated rings. The van der Waals surface area contributed by atoms with Gasteiger partial charge in [-0.3, -0.25) is 0 Å². The van der Waals surface area contributed by atoms with Crippen LogP contribution in [-0.2, 0) is 4.74 Å². The highest BCUT2D eigenvalue weighted by Gasteiger charge is 2.25. The SMILES string of the molecule is COCC(C)N(C)CC(C)C1CNC1. The first-order valence-corrected chi connectivity index (χ1v) is 5.55. The minimum Gasteiger partial charge on any atom is -0.383 e. The number of ether oxygens (including phenoxy) is 1. The molecule has 0 amide bonds. The number of likely N-dealkylation sites (N-methyl/N-ethyl adjacent to an activating group) is 1. The third kappa shape index (κ3) is 3.23. The van der Waals surface area contributed by atoms with Crippen LogP contribution in [0.1, 0.15) is 13.8 Å². The Morgan fingerprint density at radius 2 is 2.07 bits per heavy atom. The van der Waals surface area contributed by atoms with E-state index in [1.165, 1.54) is 19.6 Å². The lowest BCUT2D eigenvalue weighted by molar-refractivity contribution is 0.0929. The van der Waals surface area contributed by atoms with Gasteiger partial charge in [-0.25, -0.2) is 0 Å². The van der Waals surface area contributed by atoms with Crippen molar-refractivity contribution < 1.29 is 4.74 Å². The Balaban J connectivity index is 2.20. The largest absolute Gasteiger partial charge is 0.383 e. The molecule has 0 bridgehead atoms. The van der Waals surface area contributed by atoms with Crippen LogP contribution in [0.3, 0.4) is 0 Å². The average molecular weight is 200 g/mol. The predicted octanol–water partition coefficient (Wildman–Crippen LogP) is 0.809. The maximum Gasteiger partial charge on any atom is 0.0615 e. The molecule has 0 aromatic rings. The number of rotatable bonds is 6. The molecule has 0 aromatic carbocycles. The Labute approximate surface area is 87.8 Å². The van der Waals surface area contributed by atoms with Crippen molar-refractivity contribution in [3.05, 3.63) is 0 Å². The standard InChI is InChI=1S/C11H24N2O/c1-9(11-5-12-6-11)7-13(3)10(2)8-14-4/h9-12H,5-8H2,1-4H3. The second kappa shape index (κ2) is 5.69. The van der Waals surface area contributed by atoms with E-state index in [1.807, 2.05) is 0 Å². The van der Waals surface area contributed by atoms with Crippen LogP contribution < -0.4 is 5.32 Å². The maximum absolute atomic E-state index is 5.15.